The predicted octanol–water partition coefficient (Wildman–Crippen LogP) is 3.85. The van der Waals surface area contributed by atoms with Crippen LogP contribution in [-0.4, -0.2) is 29.3 Å². The number of anilines is 2. The smallest absolute Gasteiger partial charge is 0.293 e. The van der Waals surface area contributed by atoms with E-state index in [1.165, 1.54) is 18.2 Å². The predicted molar refractivity (Wildman–Crippen MR) is 112 cm³/mol. The van der Waals surface area contributed by atoms with Crippen LogP contribution >= 0.6 is 15.9 Å². The number of carbonyl (C=O) groups excluding carboxylic acids is 2. The van der Waals surface area contributed by atoms with E-state index in [0.717, 1.165) is 10.0 Å². The monoisotopic (exact) mass is 448 g/mol. The Bertz CT molecular complexity index is 915. The van der Waals surface area contributed by atoms with E-state index in [9.17, 15) is 19.7 Å². The maximum absolute atomic E-state index is 12.2. The van der Waals surface area contributed by atoms with E-state index in [-0.39, 0.29) is 35.4 Å². The summed E-state index contributed by atoms with van der Waals surface area (Å²) in [5, 5.41) is 19.6. The van der Waals surface area contributed by atoms with Crippen LogP contribution < -0.4 is 16.0 Å². The number of hydrogen-bond donors (Lipinski definition) is 3. The Balaban J connectivity index is 2.09. The fourth-order valence-electron chi connectivity index (χ4n) is 2.46. The van der Waals surface area contributed by atoms with Gasteiger partial charge in [0.15, 0.2) is 0 Å². The Hall–Kier alpha value is -2.94. The normalized spacial score (nSPS) is 10.5. The van der Waals surface area contributed by atoms with E-state index in [4.69, 9.17) is 0 Å². The molecule has 2 aromatic rings. The highest BCUT2D eigenvalue weighted by atomic mass is 79.9. The highest BCUT2D eigenvalue weighted by molar-refractivity contribution is 9.10. The Morgan fingerprint density at radius 3 is 2.43 bits per heavy atom. The van der Waals surface area contributed by atoms with Crippen molar-refractivity contribution in [1.29, 1.82) is 0 Å². The number of amides is 2. The number of halogens is 1. The van der Waals surface area contributed by atoms with E-state index in [1.807, 2.05) is 19.1 Å². The van der Waals surface area contributed by atoms with Crippen LogP contribution in [0.2, 0.25) is 0 Å². The molecule has 0 spiro atoms. The van der Waals surface area contributed by atoms with Crippen LogP contribution in [0.5, 0.6) is 0 Å². The molecule has 9 heteroatoms. The lowest BCUT2D eigenvalue weighted by Crippen LogP contribution is -2.30. The van der Waals surface area contributed by atoms with Gasteiger partial charge in [-0.25, -0.2) is 0 Å². The standard InChI is InChI=1S/C19H21BrN4O4/c1-11(2)22-19(26)13-4-6-16(17(9-13)24(27)28)21-10-18(25)23-15-7-5-14(20)8-12(15)3/h4-9,11,21H,10H2,1-3H3,(H,22,26)(H,23,25). The maximum Gasteiger partial charge on any atom is 0.293 e. The summed E-state index contributed by atoms with van der Waals surface area (Å²) in [7, 11) is 0. The van der Waals surface area contributed by atoms with E-state index in [1.54, 1.807) is 19.9 Å². The summed E-state index contributed by atoms with van der Waals surface area (Å²) in [4.78, 5) is 35.0. The summed E-state index contributed by atoms with van der Waals surface area (Å²) in [5.41, 5.74) is 1.61. The average molecular weight is 449 g/mol. The molecule has 28 heavy (non-hydrogen) atoms. The molecule has 148 valence electrons. The van der Waals surface area contributed by atoms with Gasteiger partial charge < -0.3 is 16.0 Å². The van der Waals surface area contributed by atoms with Gasteiger partial charge in [0, 0.05) is 27.8 Å². The lowest BCUT2D eigenvalue weighted by Gasteiger charge is -2.12. The molecule has 2 aromatic carbocycles. The van der Waals surface area contributed by atoms with Crippen molar-refractivity contribution in [3.05, 3.63) is 62.1 Å². The first-order chi connectivity index (χ1) is 13.2. The molecular weight excluding hydrogens is 428 g/mol. The molecule has 0 aliphatic rings. The first-order valence-corrected chi connectivity index (χ1v) is 9.36. The molecular formula is C19H21BrN4O4. The minimum absolute atomic E-state index is 0.0879. The van der Waals surface area contributed by atoms with Gasteiger partial charge in [0.2, 0.25) is 5.91 Å². The van der Waals surface area contributed by atoms with E-state index in [2.05, 4.69) is 31.9 Å². The van der Waals surface area contributed by atoms with Crippen molar-refractivity contribution in [2.45, 2.75) is 26.8 Å². The third-order valence-corrected chi connectivity index (χ3v) is 4.27. The summed E-state index contributed by atoms with van der Waals surface area (Å²) in [6.45, 7) is 5.30. The summed E-state index contributed by atoms with van der Waals surface area (Å²) in [6.07, 6.45) is 0. The van der Waals surface area contributed by atoms with Crippen LogP contribution in [0.4, 0.5) is 17.1 Å². The second-order valence-corrected chi connectivity index (χ2v) is 7.39. The first kappa shape index (κ1) is 21.4. The largest absolute Gasteiger partial charge is 0.371 e. The molecule has 8 nitrogen and oxygen atoms in total. The average Bonchev–Trinajstić information content (AvgIpc) is 2.61. The van der Waals surface area contributed by atoms with Crippen molar-refractivity contribution in [3.63, 3.8) is 0 Å². The second kappa shape index (κ2) is 9.32. The van der Waals surface area contributed by atoms with Crippen LogP contribution in [0.1, 0.15) is 29.8 Å². The third-order valence-electron chi connectivity index (χ3n) is 3.78. The van der Waals surface area contributed by atoms with Gasteiger partial charge in [-0.05, 0) is 56.7 Å². The molecule has 0 aliphatic heterocycles. The molecule has 0 aliphatic carbocycles. The zero-order chi connectivity index (χ0) is 20.8. The van der Waals surface area contributed by atoms with E-state index < -0.39 is 10.8 Å². The molecule has 0 saturated carbocycles. The van der Waals surface area contributed by atoms with Crippen LogP contribution in [0.25, 0.3) is 0 Å². The summed E-state index contributed by atoms with van der Waals surface area (Å²) in [5.74, 6) is -0.741. The van der Waals surface area contributed by atoms with Crippen LogP contribution in [0.3, 0.4) is 0 Å². The van der Waals surface area contributed by atoms with Gasteiger partial charge in [-0.2, -0.15) is 0 Å². The molecule has 0 radical (unpaired) electrons. The van der Waals surface area contributed by atoms with Crippen molar-refractivity contribution in [2.75, 3.05) is 17.2 Å². The van der Waals surface area contributed by atoms with Crippen LogP contribution in [-0.2, 0) is 4.79 Å². The Morgan fingerprint density at radius 2 is 1.82 bits per heavy atom. The zero-order valence-electron chi connectivity index (χ0n) is 15.7. The molecule has 0 saturated heterocycles. The topological polar surface area (TPSA) is 113 Å². The van der Waals surface area contributed by atoms with E-state index in [0.29, 0.717) is 5.69 Å². The first-order valence-electron chi connectivity index (χ1n) is 8.56. The molecule has 3 N–H and O–H groups in total. The highest BCUT2D eigenvalue weighted by Gasteiger charge is 2.18. The third kappa shape index (κ3) is 5.78. The Labute approximate surface area is 171 Å². The number of nitro benzene ring substituents is 1. The van der Waals surface area contributed by atoms with E-state index >= 15 is 0 Å². The number of carbonyl (C=O) groups is 2. The number of nitro groups is 1. The quantitative estimate of drug-likeness (QED) is 0.439. The van der Waals surface area contributed by atoms with Crippen molar-refractivity contribution in [1.82, 2.24) is 5.32 Å². The number of benzene rings is 2. The van der Waals surface area contributed by atoms with Crippen molar-refractivity contribution in [3.8, 4) is 0 Å². The molecule has 2 rings (SSSR count). The molecule has 0 heterocycles. The Morgan fingerprint density at radius 1 is 1.14 bits per heavy atom. The summed E-state index contributed by atoms with van der Waals surface area (Å²) in [6, 6.07) is 9.44. The van der Waals surface area contributed by atoms with Gasteiger partial charge >= 0.3 is 0 Å². The van der Waals surface area contributed by atoms with Crippen LogP contribution in [0, 0.1) is 17.0 Å². The Kier molecular flexibility index (Phi) is 7.11. The van der Waals surface area contributed by atoms with Gasteiger partial charge in [-0.1, -0.05) is 15.9 Å². The SMILES string of the molecule is Cc1cc(Br)ccc1NC(=O)CNc1ccc(C(=O)NC(C)C)cc1[N+](=O)[O-]. The van der Waals surface area contributed by atoms with Crippen molar-refractivity contribution < 1.29 is 14.5 Å². The molecule has 0 atom stereocenters. The number of nitrogens with zero attached hydrogens (tertiary/aromatic N) is 1. The van der Waals surface area contributed by atoms with Crippen molar-refractivity contribution >= 4 is 44.8 Å². The highest BCUT2D eigenvalue weighted by Crippen LogP contribution is 2.26. The number of rotatable bonds is 7. The number of hydrogen-bond acceptors (Lipinski definition) is 5. The fourth-order valence-corrected chi connectivity index (χ4v) is 2.93. The maximum atomic E-state index is 12.2. The lowest BCUT2D eigenvalue weighted by atomic mass is 10.1. The summed E-state index contributed by atoms with van der Waals surface area (Å²) < 4.78 is 0.901. The van der Waals surface area contributed by atoms with Crippen LogP contribution in [0.15, 0.2) is 40.9 Å². The number of aryl methyl sites for hydroxylation is 1. The molecule has 0 aromatic heterocycles. The minimum Gasteiger partial charge on any atom is -0.371 e. The van der Waals surface area contributed by atoms with Gasteiger partial charge in [0.25, 0.3) is 11.6 Å². The number of nitrogens with one attached hydrogen (secondary N) is 3. The van der Waals surface area contributed by atoms with Gasteiger partial charge in [-0.15, -0.1) is 0 Å². The molecule has 0 unspecified atom stereocenters. The zero-order valence-corrected chi connectivity index (χ0v) is 17.3. The van der Waals surface area contributed by atoms with Gasteiger partial charge in [0.05, 0.1) is 11.5 Å². The molecule has 0 bridgehead atoms. The second-order valence-electron chi connectivity index (χ2n) is 6.48. The molecule has 2 amide bonds. The minimum atomic E-state index is -0.592. The van der Waals surface area contributed by atoms with Crippen molar-refractivity contribution in [2.24, 2.45) is 0 Å². The lowest BCUT2D eigenvalue weighted by molar-refractivity contribution is -0.384. The van der Waals surface area contributed by atoms with Gasteiger partial charge in [0.1, 0.15) is 5.69 Å². The molecule has 0 fully saturated rings. The fraction of sp³-hybridized carbons (Fsp3) is 0.263. The summed E-state index contributed by atoms with van der Waals surface area (Å²) >= 11 is 3.36. The van der Waals surface area contributed by atoms with Gasteiger partial charge in [-0.3, -0.25) is 19.7 Å².